The normalized spacial score (nSPS) is 24.1. The smallest absolute Gasteiger partial charge is 0.0940 e. The van der Waals surface area contributed by atoms with E-state index < -0.39 is 0 Å². The Morgan fingerprint density at radius 2 is 2.40 bits per heavy atom. The highest BCUT2D eigenvalue weighted by Crippen LogP contribution is 2.38. The molecule has 2 rings (SSSR count). The van der Waals surface area contributed by atoms with Gasteiger partial charge in [0.2, 0.25) is 0 Å². The molecule has 1 aliphatic heterocycles. The van der Waals surface area contributed by atoms with E-state index in [-0.39, 0.29) is 11.5 Å². The molecule has 0 aliphatic carbocycles. The van der Waals surface area contributed by atoms with Crippen molar-refractivity contribution in [1.29, 1.82) is 0 Å². The van der Waals surface area contributed by atoms with Crippen LogP contribution in [0.1, 0.15) is 35.1 Å². The van der Waals surface area contributed by atoms with E-state index in [1.807, 2.05) is 0 Å². The van der Waals surface area contributed by atoms with Gasteiger partial charge in [0.1, 0.15) is 0 Å². The third-order valence-corrected chi connectivity index (χ3v) is 5.55. The van der Waals surface area contributed by atoms with Gasteiger partial charge in [0, 0.05) is 11.5 Å². The first-order valence-corrected chi connectivity index (χ1v) is 7.24. The van der Waals surface area contributed by atoms with Crippen molar-refractivity contribution in [2.24, 2.45) is 0 Å². The summed E-state index contributed by atoms with van der Waals surface area (Å²) in [6, 6.07) is 2.16. The van der Waals surface area contributed by atoms with Gasteiger partial charge >= 0.3 is 0 Å². The number of rotatable bonds is 2. The second-order valence-corrected chi connectivity index (χ2v) is 6.78. The van der Waals surface area contributed by atoms with Crippen LogP contribution < -0.4 is 0 Å². The summed E-state index contributed by atoms with van der Waals surface area (Å²) in [6.07, 6.45) is 3.69. The summed E-state index contributed by atoms with van der Waals surface area (Å²) in [5.74, 6) is 0. The second-order valence-electron chi connectivity index (χ2n) is 3.91. The molecule has 0 spiro atoms. The predicted octanol–water partition coefficient (Wildman–Crippen LogP) is 4.67. The van der Waals surface area contributed by atoms with Crippen molar-refractivity contribution < 1.29 is 4.74 Å². The average molecular weight is 310 g/mol. The molecule has 2 atom stereocenters. The van der Waals surface area contributed by atoms with E-state index in [2.05, 4.69) is 28.9 Å². The number of thiophene rings is 1. The highest BCUT2D eigenvalue weighted by molar-refractivity contribution is 9.11. The molecule has 0 bridgehead atoms. The molecule has 0 aromatic carbocycles. The van der Waals surface area contributed by atoms with E-state index in [0.29, 0.717) is 0 Å². The van der Waals surface area contributed by atoms with Gasteiger partial charge in [-0.05, 0) is 53.7 Å². The van der Waals surface area contributed by atoms with E-state index in [9.17, 15) is 0 Å². The summed E-state index contributed by atoms with van der Waals surface area (Å²) in [5, 5.41) is 0.0142. The molecule has 1 saturated heterocycles. The van der Waals surface area contributed by atoms with E-state index in [0.717, 1.165) is 13.0 Å². The van der Waals surface area contributed by atoms with Crippen LogP contribution in [0.3, 0.4) is 0 Å². The van der Waals surface area contributed by atoms with Crippen LogP contribution in [0.15, 0.2) is 9.85 Å². The Kier molecular flexibility index (Phi) is 4.10. The zero-order chi connectivity index (χ0) is 10.8. The van der Waals surface area contributed by atoms with Crippen molar-refractivity contribution in [1.82, 2.24) is 0 Å². The van der Waals surface area contributed by atoms with Crippen molar-refractivity contribution in [2.75, 3.05) is 6.61 Å². The quantitative estimate of drug-likeness (QED) is 0.722. The van der Waals surface area contributed by atoms with Gasteiger partial charge in [0.15, 0.2) is 0 Å². The molecule has 1 aromatic heterocycles. The molecule has 1 aliphatic rings. The maximum absolute atomic E-state index is 6.43. The maximum Gasteiger partial charge on any atom is 0.0940 e. The Hall–Kier alpha value is 0.430. The van der Waals surface area contributed by atoms with Crippen LogP contribution in [0, 0.1) is 6.92 Å². The molecule has 0 radical (unpaired) electrons. The zero-order valence-corrected chi connectivity index (χ0v) is 11.8. The first kappa shape index (κ1) is 11.9. The largest absolute Gasteiger partial charge is 0.376 e. The molecule has 2 unspecified atom stereocenters. The Morgan fingerprint density at radius 1 is 1.60 bits per heavy atom. The molecule has 15 heavy (non-hydrogen) atoms. The van der Waals surface area contributed by atoms with E-state index in [4.69, 9.17) is 16.3 Å². The maximum atomic E-state index is 6.43. The molecular formula is C11H14BrClOS. The number of hydrogen-bond acceptors (Lipinski definition) is 2. The van der Waals surface area contributed by atoms with Crippen LogP contribution in [0.5, 0.6) is 0 Å². The van der Waals surface area contributed by atoms with Gasteiger partial charge in [-0.2, -0.15) is 0 Å². The van der Waals surface area contributed by atoms with Crippen molar-refractivity contribution in [2.45, 2.75) is 37.7 Å². The van der Waals surface area contributed by atoms with Crippen molar-refractivity contribution in [3.8, 4) is 0 Å². The average Bonchev–Trinajstić information content (AvgIpc) is 2.59. The lowest BCUT2D eigenvalue weighted by molar-refractivity contribution is 0.0141. The minimum absolute atomic E-state index is 0.0142. The lowest BCUT2D eigenvalue weighted by Crippen LogP contribution is -2.23. The monoisotopic (exact) mass is 308 g/mol. The fourth-order valence-electron chi connectivity index (χ4n) is 1.80. The van der Waals surface area contributed by atoms with Crippen LogP contribution >= 0.6 is 38.9 Å². The van der Waals surface area contributed by atoms with Crippen molar-refractivity contribution >= 4 is 38.9 Å². The number of alkyl halides is 1. The van der Waals surface area contributed by atoms with Gasteiger partial charge in [-0.1, -0.05) is 0 Å². The second kappa shape index (κ2) is 5.17. The van der Waals surface area contributed by atoms with E-state index in [1.165, 1.54) is 27.1 Å². The van der Waals surface area contributed by atoms with E-state index >= 15 is 0 Å². The molecule has 4 heteroatoms. The zero-order valence-electron chi connectivity index (χ0n) is 8.63. The summed E-state index contributed by atoms with van der Waals surface area (Å²) in [5.41, 5.74) is 1.26. The molecule has 0 N–H and O–H groups in total. The number of ether oxygens (including phenoxy) is 1. The third kappa shape index (κ3) is 2.76. The summed E-state index contributed by atoms with van der Waals surface area (Å²) >= 11 is 11.7. The van der Waals surface area contributed by atoms with Crippen molar-refractivity contribution in [3.63, 3.8) is 0 Å². The topological polar surface area (TPSA) is 9.23 Å². The number of aryl methyl sites for hydroxylation is 1. The highest BCUT2D eigenvalue weighted by Gasteiger charge is 2.25. The lowest BCUT2D eigenvalue weighted by Gasteiger charge is -2.25. The standard InChI is InChI=1S/C11H14BrClOS/c1-7-6-9(15-11(7)12)10(13)8-4-2-3-5-14-8/h6,8,10H,2-5H2,1H3. The molecule has 1 nitrogen and oxygen atoms in total. The summed E-state index contributed by atoms with van der Waals surface area (Å²) in [4.78, 5) is 1.22. The first-order valence-electron chi connectivity index (χ1n) is 5.20. The fourth-order valence-corrected chi connectivity index (χ4v) is 3.80. The van der Waals surface area contributed by atoms with Gasteiger partial charge in [-0.15, -0.1) is 22.9 Å². The Labute approximate surface area is 108 Å². The van der Waals surface area contributed by atoms with E-state index in [1.54, 1.807) is 11.3 Å². The molecule has 2 heterocycles. The number of halogens is 2. The molecule has 0 saturated carbocycles. The SMILES string of the molecule is Cc1cc(C(Cl)C2CCCCO2)sc1Br. The van der Waals surface area contributed by atoms with Crippen LogP contribution in [-0.4, -0.2) is 12.7 Å². The molecule has 0 amide bonds. The highest BCUT2D eigenvalue weighted by atomic mass is 79.9. The third-order valence-electron chi connectivity index (χ3n) is 2.69. The fraction of sp³-hybridized carbons (Fsp3) is 0.636. The van der Waals surface area contributed by atoms with Gasteiger partial charge in [0.05, 0.1) is 15.3 Å². The van der Waals surface area contributed by atoms with Crippen LogP contribution in [0.4, 0.5) is 0 Å². The predicted molar refractivity (Wildman–Crippen MR) is 68.9 cm³/mol. The van der Waals surface area contributed by atoms with Gasteiger partial charge in [-0.25, -0.2) is 0 Å². The summed E-state index contributed by atoms with van der Waals surface area (Å²) in [6.45, 7) is 2.95. The Balaban J connectivity index is 2.08. The number of hydrogen-bond donors (Lipinski definition) is 0. The lowest BCUT2D eigenvalue weighted by atomic mass is 10.1. The molecule has 84 valence electrons. The Bertz CT molecular complexity index is 314. The Morgan fingerprint density at radius 3 is 2.93 bits per heavy atom. The molecule has 1 fully saturated rings. The minimum atomic E-state index is 0.0142. The van der Waals surface area contributed by atoms with Crippen LogP contribution in [-0.2, 0) is 4.74 Å². The van der Waals surface area contributed by atoms with Crippen LogP contribution in [0.25, 0.3) is 0 Å². The van der Waals surface area contributed by atoms with Gasteiger partial charge < -0.3 is 4.74 Å². The van der Waals surface area contributed by atoms with Crippen molar-refractivity contribution in [3.05, 3.63) is 20.3 Å². The van der Waals surface area contributed by atoms with Gasteiger partial charge in [-0.3, -0.25) is 0 Å². The molecule has 1 aromatic rings. The minimum Gasteiger partial charge on any atom is -0.376 e. The first-order chi connectivity index (χ1) is 7.18. The summed E-state index contributed by atoms with van der Waals surface area (Å²) < 4.78 is 6.88. The van der Waals surface area contributed by atoms with Gasteiger partial charge in [0.25, 0.3) is 0 Å². The van der Waals surface area contributed by atoms with Crippen LogP contribution in [0.2, 0.25) is 0 Å². The summed E-state index contributed by atoms with van der Waals surface area (Å²) in [7, 11) is 0. The molecular weight excluding hydrogens is 296 g/mol.